The number of carboxylic acids is 2. The van der Waals surface area contributed by atoms with Gasteiger partial charge >= 0.3 is 11.9 Å². The van der Waals surface area contributed by atoms with Gasteiger partial charge in [0.25, 0.3) is 0 Å². The van der Waals surface area contributed by atoms with E-state index in [1.54, 1.807) is 0 Å². The van der Waals surface area contributed by atoms with Crippen LogP contribution >= 0.6 is 23.5 Å². The third kappa shape index (κ3) is 6.69. The van der Waals surface area contributed by atoms with Crippen molar-refractivity contribution in [3.05, 3.63) is 34.4 Å². The minimum atomic E-state index is -1.16. The van der Waals surface area contributed by atoms with Crippen LogP contribution in [0.3, 0.4) is 0 Å². The van der Waals surface area contributed by atoms with Crippen LogP contribution in [0.4, 0.5) is 0 Å². The molecule has 0 amide bonds. The van der Waals surface area contributed by atoms with Crippen molar-refractivity contribution in [3.63, 3.8) is 0 Å². The quantitative estimate of drug-likeness (QED) is 0.313. The lowest BCUT2D eigenvalue weighted by Gasteiger charge is -2.23. The number of thioether (sulfide) groups is 2. The van der Waals surface area contributed by atoms with Gasteiger partial charge in [-0.25, -0.2) is 9.59 Å². The molecule has 0 heterocycles. The van der Waals surface area contributed by atoms with Gasteiger partial charge < -0.3 is 10.2 Å². The van der Waals surface area contributed by atoms with E-state index in [2.05, 4.69) is 25.6 Å². The lowest BCUT2D eigenvalue weighted by atomic mass is 9.91. The van der Waals surface area contributed by atoms with Crippen LogP contribution in [0.1, 0.15) is 110 Å². The van der Waals surface area contributed by atoms with Crippen LogP contribution in [-0.4, -0.2) is 43.2 Å². The van der Waals surface area contributed by atoms with Crippen LogP contribution < -0.4 is 0 Å². The molecule has 2 aliphatic rings. The molecule has 2 fully saturated rings. The molecule has 0 spiro atoms. The summed E-state index contributed by atoms with van der Waals surface area (Å²) in [7, 11) is 0. The fourth-order valence-electron chi connectivity index (χ4n) is 5.32. The fraction of sp³-hybridized carbons (Fsp3) is 0.692. The molecule has 2 saturated carbocycles. The van der Waals surface area contributed by atoms with E-state index in [1.165, 1.54) is 57.4 Å². The van der Waals surface area contributed by atoms with E-state index < -0.39 is 11.9 Å². The Labute approximate surface area is 201 Å². The topological polar surface area (TPSA) is 74.6 Å². The third-order valence-electron chi connectivity index (χ3n) is 7.24. The summed E-state index contributed by atoms with van der Waals surface area (Å²) in [6, 6.07) is 3.35. The number of hydrogen-bond acceptors (Lipinski definition) is 4. The zero-order chi connectivity index (χ0) is 23.2. The molecule has 3 rings (SSSR count). The summed E-state index contributed by atoms with van der Waals surface area (Å²) < 4.78 is 0.755. The van der Waals surface area contributed by atoms with Crippen molar-refractivity contribution >= 4 is 35.5 Å². The Balaban J connectivity index is 1.67. The highest BCUT2D eigenvalue weighted by molar-refractivity contribution is 8.00. The lowest BCUT2D eigenvalue weighted by molar-refractivity contribution is 0.0650. The molecule has 2 N–H and O–H groups in total. The molecule has 0 radical (unpaired) electrons. The standard InChI is InChI=1S/C26H38O4S2/c1-25(13-3-4-14-25)31-17-7-9-19-11-12-21(23(27)28)22(24(29)30)20(19)10-8-18-32-26(2)15-5-6-16-26/h11-12H,3-10,13-18H2,1-2H3,(H,27,28)(H,29,30). The van der Waals surface area contributed by atoms with Crippen molar-refractivity contribution in [2.45, 2.75) is 100 Å². The van der Waals surface area contributed by atoms with Crippen molar-refractivity contribution in [2.24, 2.45) is 0 Å². The van der Waals surface area contributed by atoms with Gasteiger partial charge in [-0.15, -0.1) is 0 Å². The smallest absolute Gasteiger partial charge is 0.336 e. The second-order valence-electron chi connectivity index (χ2n) is 9.95. The van der Waals surface area contributed by atoms with Crippen LogP contribution in [0.25, 0.3) is 0 Å². The van der Waals surface area contributed by atoms with Gasteiger partial charge in [-0.05, 0) is 80.1 Å². The Kier molecular flexibility index (Phi) is 9.02. The summed E-state index contributed by atoms with van der Waals surface area (Å²) >= 11 is 4.06. The van der Waals surface area contributed by atoms with E-state index in [4.69, 9.17) is 0 Å². The van der Waals surface area contributed by atoms with E-state index in [-0.39, 0.29) is 11.1 Å². The van der Waals surface area contributed by atoms with E-state index in [0.717, 1.165) is 41.9 Å². The number of carboxylic acid groups (broad SMARTS) is 2. The molecule has 1 aromatic rings. The highest BCUT2D eigenvalue weighted by atomic mass is 32.2. The summed E-state index contributed by atoms with van der Waals surface area (Å²) in [4.78, 5) is 23.8. The van der Waals surface area contributed by atoms with Crippen LogP contribution in [0.2, 0.25) is 0 Å². The molecule has 0 atom stereocenters. The SMILES string of the molecule is CC1(SCCCc2ccc(C(=O)O)c(C(=O)O)c2CCCSC2(C)CCCC2)CCCC1. The predicted molar refractivity (Wildman–Crippen MR) is 136 cm³/mol. The minimum absolute atomic E-state index is 0.00230. The molecule has 4 nitrogen and oxygen atoms in total. The molecule has 0 unspecified atom stereocenters. The highest BCUT2D eigenvalue weighted by Crippen LogP contribution is 2.42. The Hall–Kier alpha value is -1.14. The summed E-state index contributed by atoms with van der Waals surface area (Å²) in [6.07, 6.45) is 13.6. The largest absolute Gasteiger partial charge is 0.478 e. The number of hydrogen-bond donors (Lipinski definition) is 2. The van der Waals surface area contributed by atoms with Crippen molar-refractivity contribution in [3.8, 4) is 0 Å². The molecule has 178 valence electrons. The molecule has 6 heteroatoms. The van der Waals surface area contributed by atoms with E-state index in [1.807, 2.05) is 17.8 Å². The number of aryl methyl sites for hydroxylation is 1. The van der Waals surface area contributed by atoms with Crippen molar-refractivity contribution in [1.29, 1.82) is 0 Å². The first-order valence-corrected chi connectivity index (χ1v) is 14.1. The normalized spacial score (nSPS) is 19.3. The number of rotatable bonds is 12. The predicted octanol–water partition coefficient (Wildman–Crippen LogP) is 7.08. The monoisotopic (exact) mass is 478 g/mol. The average Bonchev–Trinajstić information content (AvgIpc) is 3.37. The van der Waals surface area contributed by atoms with Crippen molar-refractivity contribution < 1.29 is 19.8 Å². The number of carbonyl (C=O) groups is 2. The molecule has 0 aliphatic heterocycles. The molecule has 0 aromatic heterocycles. The summed E-state index contributed by atoms with van der Waals surface area (Å²) in [6.45, 7) is 4.70. The minimum Gasteiger partial charge on any atom is -0.478 e. The van der Waals surface area contributed by atoms with E-state index in [0.29, 0.717) is 15.9 Å². The van der Waals surface area contributed by atoms with Crippen LogP contribution in [-0.2, 0) is 12.8 Å². The summed E-state index contributed by atoms with van der Waals surface area (Å²) in [5.41, 5.74) is 1.68. The van der Waals surface area contributed by atoms with Gasteiger partial charge in [0.1, 0.15) is 0 Å². The molecular formula is C26H38O4S2. The van der Waals surface area contributed by atoms with Crippen LogP contribution in [0, 0.1) is 0 Å². The zero-order valence-electron chi connectivity index (χ0n) is 19.6. The first kappa shape index (κ1) is 25.5. The summed E-state index contributed by atoms with van der Waals surface area (Å²) in [5.74, 6) is -0.233. The number of benzene rings is 1. The second kappa shape index (κ2) is 11.3. The maximum Gasteiger partial charge on any atom is 0.336 e. The third-order valence-corrected chi connectivity index (χ3v) is 10.4. The van der Waals surface area contributed by atoms with E-state index in [9.17, 15) is 19.8 Å². The van der Waals surface area contributed by atoms with Crippen molar-refractivity contribution in [1.82, 2.24) is 0 Å². The lowest BCUT2D eigenvalue weighted by Crippen LogP contribution is -2.16. The van der Waals surface area contributed by atoms with Gasteiger partial charge in [0.05, 0.1) is 11.1 Å². The summed E-state index contributed by atoms with van der Waals surface area (Å²) in [5, 5.41) is 19.4. The second-order valence-corrected chi connectivity index (χ2v) is 13.3. The molecule has 0 saturated heterocycles. The first-order chi connectivity index (χ1) is 15.2. The van der Waals surface area contributed by atoms with Gasteiger partial charge in [-0.1, -0.05) is 45.6 Å². The highest BCUT2D eigenvalue weighted by Gasteiger charge is 2.30. The average molecular weight is 479 g/mol. The number of aromatic carboxylic acids is 2. The van der Waals surface area contributed by atoms with Crippen molar-refractivity contribution in [2.75, 3.05) is 11.5 Å². The maximum absolute atomic E-state index is 12.1. The molecular weight excluding hydrogens is 440 g/mol. The molecule has 0 bridgehead atoms. The fourth-order valence-corrected chi connectivity index (χ4v) is 8.03. The maximum atomic E-state index is 12.1. The zero-order valence-corrected chi connectivity index (χ0v) is 21.2. The van der Waals surface area contributed by atoms with Gasteiger partial charge in [-0.3, -0.25) is 0 Å². The Morgan fingerprint density at radius 2 is 1.31 bits per heavy atom. The van der Waals surface area contributed by atoms with Crippen LogP contribution in [0.15, 0.2) is 12.1 Å². The van der Waals surface area contributed by atoms with Gasteiger partial charge in [-0.2, -0.15) is 23.5 Å². The van der Waals surface area contributed by atoms with Gasteiger partial charge in [0.15, 0.2) is 0 Å². The molecule has 32 heavy (non-hydrogen) atoms. The van der Waals surface area contributed by atoms with E-state index >= 15 is 0 Å². The van der Waals surface area contributed by atoms with Crippen LogP contribution in [0.5, 0.6) is 0 Å². The Morgan fingerprint density at radius 3 is 1.78 bits per heavy atom. The molecule has 2 aliphatic carbocycles. The molecule has 1 aromatic carbocycles. The Morgan fingerprint density at radius 1 is 0.812 bits per heavy atom. The van der Waals surface area contributed by atoms with Gasteiger partial charge in [0.2, 0.25) is 0 Å². The van der Waals surface area contributed by atoms with Gasteiger partial charge in [0, 0.05) is 9.49 Å². The Bertz CT molecular complexity index is 808. The first-order valence-electron chi connectivity index (χ1n) is 12.1.